The molecule has 3 N–H and O–H groups in total. The number of rotatable bonds is 6. The number of carbonyl (C=O) groups excluding carboxylic acids is 3. The second-order valence-corrected chi connectivity index (χ2v) is 4.34. The summed E-state index contributed by atoms with van der Waals surface area (Å²) < 4.78 is 9.88. The molecule has 114 valence electrons. The van der Waals surface area contributed by atoms with Crippen molar-refractivity contribution in [2.24, 2.45) is 5.73 Å². The Kier molecular flexibility index (Phi) is 4.92. The zero-order valence-electron chi connectivity index (χ0n) is 11.5. The molecule has 0 saturated carbocycles. The summed E-state index contributed by atoms with van der Waals surface area (Å²) in [5.41, 5.74) is 5.69. The predicted octanol–water partition coefficient (Wildman–Crippen LogP) is 0.779. The molecule has 7 nitrogen and oxygen atoms in total. The number of hydrogen-bond donors (Lipinski definition) is 2. The standard InChI is InChI=1S/C15H14N2O5/c16-14(19)13(10-5-2-1-3-6-10)22-12(18)9-17-15(20)11-7-4-8-21-11/h1-8,13H,9H2,(H2,16,19)(H,17,20). The molecule has 0 aliphatic rings. The fourth-order valence-corrected chi connectivity index (χ4v) is 1.74. The van der Waals surface area contributed by atoms with Crippen LogP contribution in [0.25, 0.3) is 0 Å². The molecule has 0 saturated heterocycles. The van der Waals surface area contributed by atoms with Crippen LogP contribution in [-0.2, 0) is 14.3 Å². The first-order valence-corrected chi connectivity index (χ1v) is 6.43. The number of benzene rings is 1. The number of primary amides is 1. The van der Waals surface area contributed by atoms with Crippen molar-refractivity contribution >= 4 is 17.8 Å². The van der Waals surface area contributed by atoms with E-state index in [4.69, 9.17) is 14.9 Å². The van der Waals surface area contributed by atoms with Gasteiger partial charge < -0.3 is 20.2 Å². The number of furan rings is 1. The highest BCUT2D eigenvalue weighted by Crippen LogP contribution is 2.16. The highest BCUT2D eigenvalue weighted by molar-refractivity contribution is 5.93. The van der Waals surface area contributed by atoms with Gasteiger partial charge in [0.1, 0.15) is 6.54 Å². The van der Waals surface area contributed by atoms with Gasteiger partial charge in [-0.15, -0.1) is 0 Å². The largest absolute Gasteiger partial charge is 0.459 e. The molecule has 0 aliphatic heterocycles. The molecular weight excluding hydrogens is 288 g/mol. The first kappa shape index (κ1) is 15.3. The Bertz CT molecular complexity index is 652. The lowest BCUT2D eigenvalue weighted by Gasteiger charge is -2.15. The topological polar surface area (TPSA) is 112 Å². The van der Waals surface area contributed by atoms with Gasteiger partial charge in [0.2, 0.25) is 6.10 Å². The van der Waals surface area contributed by atoms with Gasteiger partial charge >= 0.3 is 5.97 Å². The van der Waals surface area contributed by atoms with E-state index in [0.29, 0.717) is 5.56 Å². The van der Waals surface area contributed by atoms with Gasteiger partial charge in [-0.1, -0.05) is 30.3 Å². The van der Waals surface area contributed by atoms with Crippen LogP contribution >= 0.6 is 0 Å². The van der Waals surface area contributed by atoms with Crippen LogP contribution < -0.4 is 11.1 Å². The van der Waals surface area contributed by atoms with Crippen LogP contribution in [0, 0.1) is 0 Å². The number of esters is 1. The fraction of sp³-hybridized carbons (Fsp3) is 0.133. The van der Waals surface area contributed by atoms with Gasteiger partial charge in [0, 0.05) is 5.56 Å². The predicted molar refractivity (Wildman–Crippen MR) is 75.5 cm³/mol. The average Bonchev–Trinajstić information content (AvgIpc) is 3.05. The molecule has 7 heteroatoms. The minimum absolute atomic E-state index is 0.0716. The zero-order valence-corrected chi connectivity index (χ0v) is 11.5. The molecule has 0 spiro atoms. The van der Waals surface area contributed by atoms with E-state index < -0.39 is 30.4 Å². The highest BCUT2D eigenvalue weighted by Gasteiger charge is 2.22. The molecule has 0 aliphatic carbocycles. The molecule has 0 bridgehead atoms. The molecule has 1 aromatic carbocycles. The molecule has 1 heterocycles. The van der Waals surface area contributed by atoms with Crippen LogP contribution in [0.5, 0.6) is 0 Å². The molecule has 1 unspecified atom stereocenters. The van der Waals surface area contributed by atoms with E-state index in [0.717, 1.165) is 0 Å². The molecule has 22 heavy (non-hydrogen) atoms. The van der Waals surface area contributed by atoms with Gasteiger partial charge in [0.15, 0.2) is 5.76 Å². The minimum atomic E-state index is -1.20. The lowest BCUT2D eigenvalue weighted by molar-refractivity contribution is -0.154. The summed E-state index contributed by atoms with van der Waals surface area (Å²) >= 11 is 0. The van der Waals surface area contributed by atoms with Gasteiger partial charge in [0.05, 0.1) is 6.26 Å². The van der Waals surface area contributed by atoms with Crippen LogP contribution in [-0.4, -0.2) is 24.3 Å². The van der Waals surface area contributed by atoms with Crippen molar-refractivity contribution in [3.05, 3.63) is 60.1 Å². The van der Waals surface area contributed by atoms with E-state index in [1.54, 1.807) is 36.4 Å². The molecule has 1 atom stereocenters. The number of ether oxygens (including phenoxy) is 1. The lowest BCUT2D eigenvalue weighted by Crippen LogP contribution is -2.33. The molecule has 2 amide bonds. The smallest absolute Gasteiger partial charge is 0.326 e. The highest BCUT2D eigenvalue weighted by atomic mass is 16.5. The maximum atomic E-state index is 11.7. The second kappa shape index (κ2) is 7.07. The van der Waals surface area contributed by atoms with Gasteiger partial charge in [-0.3, -0.25) is 14.4 Å². The Hall–Kier alpha value is -3.09. The molecule has 1 aromatic heterocycles. The SMILES string of the molecule is NC(=O)C(OC(=O)CNC(=O)c1ccco1)c1ccccc1. The van der Waals surface area contributed by atoms with Gasteiger partial charge in [-0.2, -0.15) is 0 Å². The first-order chi connectivity index (χ1) is 10.6. The van der Waals surface area contributed by atoms with Crippen molar-refractivity contribution in [2.75, 3.05) is 6.54 Å². The van der Waals surface area contributed by atoms with Crippen molar-refractivity contribution in [3.8, 4) is 0 Å². The van der Waals surface area contributed by atoms with Crippen LogP contribution in [0.3, 0.4) is 0 Å². The molecule has 2 rings (SSSR count). The van der Waals surface area contributed by atoms with Gasteiger partial charge in [0.25, 0.3) is 11.8 Å². The average molecular weight is 302 g/mol. The summed E-state index contributed by atoms with van der Waals surface area (Å²) in [7, 11) is 0. The molecule has 0 fully saturated rings. The van der Waals surface area contributed by atoms with E-state index in [1.807, 2.05) is 0 Å². The van der Waals surface area contributed by atoms with Crippen molar-refractivity contribution in [1.29, 1.82) is 0 Å². The third-order valence-corrected chi connectivity index (χ3v) is 2.75. The first-order valence-electron chi connectivity index (χ1n) is 6.43. The quantitative estimate of drug-likeness (QED) is 0.766. The summed E-state index contributed by atoms with van der Waals surface area (Å²) in [6, 6.07) is 11.4. The molecule has 2 aromatic rings. The fourth-order valence-electron chi connectivity index (χ4n) is 1.74. The normalized spacial score (nSPS) is 11.5. The summed E-state index contributed by atoms with van der Waals surface area (Å²) in [6.45, 7) is -0.407. The zero-order chi connectivity index (χ0) is 15.9. The Morgan fingerprint density at radius 3 is 2.45 bits per heavy atom. The lowest BCUT2D eigenvalue weighted by atomic mass is 10.1. The van der Waals surface area contributed by atoms with Gasteiger partial charge in [-0.25, -0.2) is 0 Å². The monoisotopic (exact) mass is 302 g/mol. The summed E-state index contributed by atoms with van der Waals surface area (Å²) in [4.78, 5) is 34.7. The number of nitrogens with one attached hydrogen (secondary N) is 1. The Balaban J connectivity index is 1.92. The molecular formula is C15H14N2O5. The van der Waals surface area contributed by atoms with E-state index >= 15 is 0 Å². The van der Waals surface area contributed by atoms with E-state index in [2.05, 4.69) is 5.32 Å². The van der Waals surface area contributed by atoms with Crippen LogP contribution in [0.15, 0.2) is 53.1 Å². The minimum Gasteiger partial charge on any atom is -0.459 e. The van der Waals surface area contributed by atoms with E-state index in [9.17, 15) is 14.4 Å². The second-order valence-electron chi connectivity index (χ2n) is 4.34. The van der Waals surface area contributed by atoms with Crippen LogP contribution in [0.4, 0.5) is 0 Å². The van der Waals surface area contributed by atoms with E-state index in [-0.39, 0.29) is 5.76 Å². The number of carbonyl (C=O) groups is 3. The number of nitrogens with two attached hydrogens (primary N) is 1. The summed E-state index contributed by atoms with van der Waals surface area (Å²) in [5.74, 6) is -2.07. The third-order valence-electron chi connectivity index (χ3n) is 2.75. The van der Waals surface area contributed by atoms with E-state index in [1.165, 1.54) is 12.3 Å². The number of amides is 2. The Morgan fingerprint density at radius 1 is 1.14 bits per heavy atom. The Labute approximate surface area is 126 Å². The van der Waals surface area contributed by atoms with Crippen molar-refractivity contribution in [2.45, 2.75) is 6.10 Å². The summed E-state index contributed by atoms with van der Waals surface area (Å²) in [5, 5.41) is 2.32. The number of hydrogen-bond acceptors (Lipinski definition) is 5. The van der Waals surface area contributed by atoms with Crippen molar-refractivity contribution in [1.82, 2.24) is 5.32 Å². The van der Waals surface area contributed by atoms with Crippen molar-refractivity contribution in [3.63, 3.8) is 0 Å². The summed E-state index contributed by atoms with van der Waals surface area (Å²) in [6.07, 6.45) is 0.139. The Morgan fingerprint density at radius 2 is 1.86 bits per heavy atom. The maximum absolute atomic E-state index is 11.7. The van der Waals surface area contributed by atoms with Crippen LogP contribution in [0.2, 0.25) is 0 Å². The van der Waals surface area contributed by atoms with Crippen molar-refractivity contribution < 1.29 is 23.5 Å². The maximum Gasteiger partial charge on any atom is 0.326 e. The van der Waals surface area contributed by atoms with Gasteiger partial charge in [-0.05, 0) is 12.1 Å². The molecule has 0 radical (unpaired) electrons. The third kappa shape index (κ3) is 3.95. The van der Waals surface area contributed by atoms with Crippen LogP contribution in [0.1, 0.15) is 22.2 Å².